The molecule has 0 bridgehead atoms. The second-order valence-electron chi connectivity index (χ2n) is 7.53. The standard InChI is InChI=1S/C22H22F3N7/c1-21(26,14-6-4-3-5-7-14)13-27-20-30-18(17-12-28-32(2)19(17)31-20)29-16-10-8-15(9-11-16)22(23,24)25/h3-12H,13,26H2,1-2H3,(H2,27,29,30,31)/i2D3. The Kier molecular flexibility index (Phi) is 4.56. The molecule has 0 radical (unpaired) electrons. The number of nitrogens with one attached hydrogen (secondary N) is 2. The lowest BCUT2D eigenvalue weighted by Gasteiger charge is -2.25. The third-order valence-corrected chi connectivity index (χ3v) is 4.95. The fourth-order valence-electron chi connectivity index (χ4n) is 3.15. The van der Waals surface area contributed by atoms with Gasteiger partial charge in [-0.05, 0) is 36.8 Å². The molecule has 32 heavy (non-hydrogen) atoms. The van der Waals surface area contributed by atoms with Crippen molar-refractivity contribution in [3.05, 3.63) is 71.9 Å². The van der Waals surface area contributed by atoms with Crippen LogP contribution in [0, 0.1) is 0 Å². The first-order chi connectivity index (χ1) is 16.3. The van der Waals surface area contributed by atoms with Crippen LogP contribution in [0.3, 0.4) is 0 Å². The van der Waals surface area contributed by atoms with Crippen LogP contribution in [0.5, 0.6) is 0 Å². The third-order valence-electron chi connectivity index (χ3n) is 4.95. The van der Waals surface area contributed by atoms with Gasteiger partial charge in [0.1, 0.15) is 5.82 Å². The number of fused-ring (bicyclic) bond motifs is 1. The molecule has 7 nitrogen and oxygen atoms in total. The smallest absolute Gasteiger partial charge is 0.352 e. The predicted octanol–water partition coefficient (Wildman–Crippen LogP) is 4.41. The van der Waals surface area contributed by atoms with Crippen LogP contribution in [0.4, 0.5) is 30.6 Å². The lowest BCUT2D eigenvalue weighted by Crippen LogP contribution is -2.40. The first-order valence-corrected chi connectivity index (χ1v) is 9.63. The van der Waals surface area contributed by atoms with Crippen molar-refractivity contribution in [3.8, 4) is 0 Å². The summed E-state index contributed by atoms with van der Waals surface area (Å²) in [6.45, 7) is -0.572. The summed E-state index contributed by atoms with van der Waals surface area (Å²) in [6.07, 6.45) is -3.18. The van der Waals surface area contributed by atoms with Gasteiger partial charge in [0.2, 0.25) is 5.95 Å². The quantitative estimate of drug-likeness (QED) is 0.408. The highest BCUT2D eigenvalue weighted by Crippen LogP contribution is 2.31. The van der Waals surface area contributed by atoms with Gasteiger partial charge in [0.25, 0.3) is 0 Å². The Hall–Kier alpha value is -3.66. The molecule has 2 aromatic heterocycles. The zero-order valence-corrected chi connectivity index (χ0v) is 17.0. The van der Waals surface area contributed by atoms with Crippen molar-refractivity contribution in [3.63, 3.8) is 0 Å². The average molecular weight is 444 g/mol. The molecular weight excluding hydrogens is 419 g/mol. The number of rotatable bonds is 6. The maximum Gasteiger partial charge on any atom is 0.416 e. The molecule has 1 unspecified atom stereocenters. The third kappa shape index (κ3) is 4.50. The number of benzene rings is 2. The van der Waals surface area contributed by atoms with E-state index in [-0.39, 0.29) is 29.3 Å². The second kappa shape index (κ2) is 8.12. The monoisotopic (exact) mass is 444 g/mol. The van der Waals surface area contributed by atoms with Crippen LogP contribution in [0.2, 0.25) is 0 Å². The van der Waals surface area contributed by atoms with Crippen molar-refractivity contribution in [1.82, 2.24) is 19.7 Å². The van der Waals surface area contributed by atoms with E-state index in [0.717, 1.165) is 22.4 Å². The van der Waals surface area contributed by atoms with Gasteiger partial charge in [0.15, 0.2) is 5.65 Å². The minimum atomic E-state index is -4.47. The molecule has 0 spiro atoms. The van der Waals surface area contributed by atoms with Gasteiger partial charge in [-0.25, -0.2) is 0 Å². The molecule has 4 aromatic rings. The van der Waals surface area contributed by atoms with Crippen LogP contribution < -0.4 is 16.4 Å². The SMILES string of the molecule is [2H]C([2H])([2H])n1ncc2c(Nc3ccc(C(F)(F)F)cc3)nc(NCC(C)(N)c3ccccc3)nc21. The van der Waals surface area contributed by atoms with Crippen molar-refractivity contribution >= 4 is 28.5 Å². The fraction of sp³-hybridized carbons (Fsp3) is 0.227. The molecular formula is C22H22F3N7. The van der Waals surface area contributed by atoms with Crippen molar-refractivity contribution < 1.29 is 17.3 Å². The fourth-order valence-corrected chi connectivity index (χ4v) is 3.15. The molecule has 0 fully saturated rings. The van der Waals surface area contributed by atoms with Crippen molar-refractivity contribution in [2.75, 3.05) is 17.2 Å². The average Bonchev–Trinajstić information content (AvgIpc) is 3.23. The summed E-state index contributed by atoms with van der Waals surface area (Å²) in [4.78, 5) is 8.73. The highest BCUT2D eigenvalue weighted by Gasteiger charge is 2.30. The maximum absolute atomic E-state index is 12.9. The van der Waals surface area contributed by atoms with E-state index in [4.69, 9.17) is 9.85 Å². The molecule has 2 heterocycles. The summed E-state index contributed by atoms with van der Waals surface area (Å²) >= 11 is 0. The van der Waals surface area contributed by atoms with E-state index < -0.39 is 24.3 Å². The first-order valence-electron chi connectivity index (χ1n) is 11.1. The highest BCUT2D eigenvalue weighted by atomic mass is 19.4. The van der Waals surface area contributed by atoms with E-state index in [1.807, 2.05) is 37.3 Å². The summed E-state index contributed by atoms with van der Waals surface area (Å²) in [5.41, 5.74) is 6.07. The number of nitrogens with zero attached hydrogens (tertiary/aromatic N) is 4. The summed E-state index contributed by atoms with van der Waals surface area (Å²) in [7, 11) is 0. The van der Waals surface area contributed by atoms with Gasteiger partial charge in [0, 0.05) is 23.3 Å². The predicted molar refractivity (Wildman–Crippen MR) is 118 cm³/mol. The van der Waals surface area contributed by atoms with Crippen LogP contribution in [0.25, 0.3) is 11.0 Å². The molecule has 0 aliphatic rings. The molecule has 4 rings (SSSR count). The number of alkyl halides is 3. The zero-order chi connectivity index (χ0) is 25.4. The summed E-state index contributed by atoms with van der Waals surface area (Å²) < 4.78 is 62.7. The molecule has 2 aromatic carbocycles. The molecule has 0 saturated carbocycles. The van der Waals surface area contributed by atoms with Crippen LogP contribution in [-0.2, 0) is 18.7 Å². The molecule has 0 aliphatic heterocycles. The van der Waals surface area contributed by atoms with Gasteiger partial charge in [-0.2, -0.15) is 28.2 Å². The highest BCUT2D eigenvalue weighted by molar-refractivity contribution is 5.89. The van der Waals surface area contributed by atoms with E-state index in [0.29, 0.717) is 5.69 Å². The van der Waals surface area contributed by atoms with Gasteiger partial charge in [0.05, 0.1) is 22.7 Å². The van der Waals surface area contributed by atoms with Crippen LogP contribution >= 0.6 is 0 Å². The molecule has 10 heteroatoms. The van der Waals surface area contributed by atoms with Gasteiger partial charge in [-0.3, -0.25) is 4.68 Å². The minimum absolute atomic E-state index is 0.0235. The normalized spacial score (nSPS) is 15.5. The van der Waals surface area contributed by atoms with Gasteiger partial charge < -0.3 is 16.4 Å². The lowest BCUT2D eigenvalue weighted by atomic mass is 9.93. The minimum Gasteiger partial charge on any atom is -0.352 e. The molecule has 0 aliphatic carbocycles. The number of anilines is 3. The molecule has 1 atom stereocenters. The first kappa shape index (κ1) is 18.0. The lowest BCUT2D eigenvalue weighted by molar-refractivity contribution is -0.137. The summed E-state index contributed by atoms with van der Waals surface area (Å²) in [6, 6.07) is 13.7. The Labute approximate surface area is 186 Å². The van der Waals surface area contributed by atoms with Crippen molar-refractivity contribution in [2.45, 2.75) is 18.6 Å². The molecule has 0 saturated heterocycles. The van der Waals surface area contributed by atoms with E-state index in [2.05, 4.69) is 25.7 Å². The number of aromatic nitrogens is 4. The largest absolute Gasteiger partial charge is 0.416 e. The van der Waals surface area contributed by atoms with Crippen LogP contribution in [-0.4, -0.2) is 26.3 Å². The number of nitrogens with two attached hydrogens (primary N) is 1. The summed E-state index contributed by atoms with van der Waals surface area (Å²) in [5, 5.41) is 10.2. The Balaban J connectivity index is 1.69. The number of halogens is 3. The van der Waals surface area contributed by atoms with Crippen LogP contribution in [0.15, 0.2) is 60.8 Å². The topological polar surface area (TPSA) is 93.7 Å². The number of hydrogen-bond acceptors (Lipinski definition) is 6. The van der Waals surface area contributed by atoms with E-state index in [9.17, 15) is 13.2 Å². The Morgan fingerprint density at radius 1 is 1.03 bits per heavy atom. The van der Waals surface area contributed by atoms with Crippen LogP contribution in [0.1, 0.15) is 22.2 Å². The van der Waals surface area contributed by atoms with Gasteiger partial charge >= 0.3 is 6.18 Å². The molecule has 0 amide bonds. The number of aryl methyl sites for hydroxylation is 1. The maximum atomic E-state index is 12.9. The van der Waals surface area contributed by atoms with E-state index in [1.165, 1.54) is 18.3 Å². The van der Waals surface area contributed by atoms with Crippen molar-refractivity contribution in [1.29, 1.82) is 0 Å². The Bertz CT molecular complexity index is 1320. The van der Waals surface area contributed by atoms with Gasteiger partial charge in [-0.15, -0.1) is 0 Å². The zero-order valence-electron chi connectivity index (χ0n) is 20.0. The van der Waals surface area contributed by atoms with Gasteiger partial charge in [-0.1, -0.05) is 30.3 Å². The summed E-state index contributed by atoms with van der Waals surface area (Å²) in [5.74, 6) is 0.247. The van der Waals surface area contributed by atoms with E-state index >= 15 is 0 Å². The molecule has 166 valence electrons. The second-order valence-corrected chi connectivity index (χ2v) is 7.53. The van der Waals surface area contributed by atoms with E-state index in [1.54, 1.807) is 0 Å². The number of hydrogen-bond donors (Lipinski definition) is 3. The Morgan fingerprint density at radius 3 is 2.41 bits per heavy atom. The molecule has 4 N–H and O–H groups in total. The Morgan fingerprint density at radius 2 is 1.75 bits per heavy atom. The van der Waals surface area contributed by atoms with Crippen molar-refractivity contribution in [2.24, 2.45) is 12.7 Å².